The van der Waals surface area contributed by atoms with Crippen molar-refractivity contribution in [2.45, 2.75) is 58.3 Å². The number of carbonyl (C=O) groups is 2. The van der Waals surface area contributed by atoms with E-state index in [1.807, 2.05) is 61.7 Å². The van der Waals surface area contributed by atoms with Gasteiger partial charge in [-0.05, 0) is 45.7 Å². The highest BCUT2D eigenvalue weighted by Gasteiger charge is 2.42. The number of fused-ring (bicyclic) bond motifs is 1. The lowest BCUT2D eigenvalue weighted by atomic mass is 9.83. The number of carbonyl (C=O) groups excluding carboxylic acids is 2. The lowest BCUT2D eigenvalue weighted by Crippen LogP contribution is -2.50. The molecule has 2 amide bonds. The highest BCUT2D eigenvalue weighted by Crippen LogP contribution is 2.37. The summed E-state index contributed by atoms with van der Waals surface area (Å²) >= 11 is 0. The number of aromatic nitrogens is 2. The summed E-state index contributed by atoms with van der Waals surface area (Å²) in [6.45, 7) is 7.59. The highest BCUT2D eigenvalue weighted by molar-refractivity contribution is 5.95. The fourth-order valence-corrected chi connectivity index (χ4v) is 4.47. The number of likely N-dealkylation sites (tertiary alicyclic amines) is 1. The third-order valence-electron chi connectivity index (χ3n) is 6.15. The van der Waals surface area contributed by atoms with E-state index in [0.717, 1.165) is 35.2 Å². The summed E-state index contributed by atoms with van der Waals surface area (Å²) in [5.74, 6) is -0.0711. The van der Waals surface area contributed by atoms with Gasteiger partial charge in [-0.2, -0.15) is 5.10 Å². The molecule has 1 aromatic carbocycles. The molecule has 2 aliphatic rings. The molecule has 4 rings (SSSR count). The van der Waals surface area contributed by atoms with E-state index in [1.54, 1.807) is 0 Å². The zero-order chi connectivity index (χ0) is 21.5. The van der Waals surface area contributed by atoms with Crippen LogP contribution in [0.25, 0.3) is 0 Å². The largest absolute Gasteiger partial charge is 0.370 e. The minimum absolute atomic E-state index is 0.0567. The van der Waals surface area contributed by atoms with Crippen LogP contribution in [-0.2, 0) is 24.8 Å². The molecule has 3 heterocycles. The normalized spacial score (nSPS) is 17.8. The Bertz CT molecular complexity index is 971. The van der Waals surface area contributed by atoms with Gasteiger partial charge in [0.05, 0.1) is 12.2 Å². The molecule has 0 aliphatic carbocycles. The molecule has 0 bridgehead atoms. The molecule has 2 aromatic rings. The van der Waals surface area contributed by atoms with Crippen molar-refractivity contribution in [2.75, 3.05) is 13.1 Å². The molecule has 7 heteroatoms. The van der Waals surface area contributed by atoms with Crippen molar-refractivity contribution in [3.8, 4) is 0 Å². The Morgan fingerprint density at radius 2 is 1.97 bits per heavy atom. The Balaban J connectivity index is 1.46. The molecule has 1 fully saturated rings. The smallest absolute Gasteiger partial charge is 0.272 e. The topological polar surface area (TPSA) is 76.5 Å². The standard InChI is InChI=1S/C23H30N4O3/c1-15(2)24-21(28)20-18-14-30-23(13-19(18)26(4)25-20)8-10-27(11-9-23)22(29)17-7-5-6-16(3)12-17/h5-7,12,15H,8-11,13-14H2,1-4H3,(H,24,28). The monoisotopic (exact) mass is 410 g/mol. The zero-order valence-electron chi connectivity index (χ0n) is 18.2. The summed E-state index contributed by atoms with van der Waals surface area (Å²) < 4.78 is 8.14. The van der Waals surface area contributed by atoms with Gasteiger partial charge in [-0.25, -0.2) is 0 Å². The minimum atomic E-state index is -0.296. The third kappa shape index (κ3) is 3.86. The summed E-state index contributed by atoms with van der Waals surface area (Å²) in [5, 5.41) is 7.39. The first-order valence-corrected chi connectivity index (χ1v) is 10.6. The molecular weight excluding hydrogens is 380 g/mol. The van der Waals surface area contributed by atoms with Crippen LogP contribution in [0.15, 0.2) is 24.3 Å². The van der Waals surface area contributed by atoms with Crippen LogP contribution in [-0.4, -0.2) is 51.2 Å². The second-order valence-electron chi connectivity index (χ2n) is 8.84. The van der Waals surface area contributed by atoms with E-state index in [4.69, 9.17) is 4.74 Å². The van der Waals surface area contributed by atoms with Crippen LogP contribution in [0, 0.1) is 6.92 Å². The molecular formula is C23H30N4O3. The van der Waals surface area contributed by atoms with Gasteiger partial charge < -0.3 is 15.0 Å². The number of rotatable bonds is 3. The van der Waals surface area contributed by atoms with Gasteiger partial charge in [0.15, 0.2) is 5.69 Å². The maximum Gasteiger partial charge on any atom is 0.272 e. The Morgan fingerprint density at radius 3 is 2.63 bits per heavy atom. The maximum absolute atomic E-state index is 12.9. The van der Waals surface area contributed by atoms with E-state index in [2.05, 4.69) is 10.4 Å². The summed E-state index contributed by atoms with van der Waals surface area (Å²) in [5.41, 5.74) is 3.95. The fraction of sp³-hybridized carbons (Fsp3) is 0.522. The lowest BCUT2D eigenvalue weighted by molar-refractivity contribution is -0.0990. The SMILES string of the molecule is Cc1cccc(C(=O)N2CCC3(CC2)Cc2c(c(C(=O)NC(C)C)nn2C)CO3)c1. The molecule has 1 N–H and O–H groups in total. The molecule has 160 valence electrons. The summed E-state index contributed by atoms with van der Waals surface area (Å²) in [6, 6.07) is 7.80. The van der Waals surface area contributed by atoms with Crippen molar-refractivity contribution >= 4 is 11.8 Å². The molecule has 0 atom stereocenters. The van der Waals surface area contributed by atoms with Gasteiger partial charge in [-0.3, -0.25) is 14.3 Å². The summed E-state index contributed by atoms with van der Waals surface area (Å²) in [7, 11) is 1.89. The fourth-order valence-electron chi connectivity index (χ4n) is 4.47. The number of piperidine rings is 1. The average molecular weight is 411 g/mol. The van der Waals surface area contributed by atoms with Gasteiger partial charge >= 0.3 is 0 Å². The first kappa shape index (κ1) is 20.6. The molecule has 0 unspecified atom stereocenters. The van der Waals surface area contributed by atoms with Gasteiger partial charge in [0.2, 0.25) is 0 Å². The number of benzene rings is 1. The van der Waals surface area contributed by atoms with Crippen molar-refractivity contribution in [2.24, 2.45) is 7.05 Å². The molecule has 1 saturated heterocycles. The number of amides is 2. The van der Waals surface area contributed by atoms with E-state index in [-0.39, 0.29) is 23.5 Å². The molecule has 0 saturated carbocycles. The van der Waals surface area contributed by atoms with Crippen molar-refractivity contribution in [3.05, 3.63) is 52.3 Å². The van der Waals surface area contributed by atoms with Crippen LogP contribution in [0.5, 0.6) is 0 Å². The van der Waals surface area contributed by atoms with Crippen molar-refractivity contribution in [1.29, 1.82) is 0 Å². The Labute approximate surface area is 177 Å². The Morgan fingerprint density at radius 1 is 1.23 bits per heavy atom. The number of hydrogen-bond donors (Lipinski definition) is 1. The van der Waals surface area contributed by atoms with E-state index in [0.29, 0.717) is 31.8 Å². The summed E-state index contributed by atoms with van der Waals surface area (Å²) in [4.78, 5) is 27.3. The van der Waals surface area contributed by atoms with Gasteiger partial charge in [0.25, 0.3) is 11.8 Å². The third-order valence-corrected chi connectivity index (χ3v) is 6.15. The van der Waals surface area contributed by atoms with Crippen molar-refractivity contribution in [3.63, 3.8) is 0 Å². The lowest BCUT2D eigenvalue weighted by Gasteiger charge is -2.43. The van der Waals surface area contributed by atoms with E-state index in [9.17, 15) is 9.59 Å². The van der Waals surface area contributed by atoms with Crippen LogP contribution >= 0.6 is 0 Å². The van der Waals surface area contributed by atoms with Crippen LogP contribution in [0.4, 0.5) is 0 Å². The van der Waals surface area contributed by atoms with Crippen LogP contribution in [0.1, 0.15) is 64.4 Å². The van der Waals surface area contributed by atoms with Crippen molar-refractivity contribution < 1.29 is 14.3 Å². The van der Waals surface area contributed by atoms with Gasteiger partial charge in [-0.1, -0.05) is 17.7 Å². The van der Waals surface area contributed by atoms with Crippen LogP contribution in [0.3, 0.4) is 0 Å². The predicted octanol–water partition coefficient (Wildman–Crippen LogP) is 2.61. The highest BCUT2D eigenvalue weighted by atomic mass is 16.5. The van der Waals surface area contributed by atoms with E-state index in [1.165, 1.54) is 0 Å². The molecule has 0 radical (unpaired) electrons. The van der Waals surface area contributed by atoms with E-state index < -0.39 is 0 Å². The quantitative estimate of drug-likeness (QED) is 0.844. The predicted molar refractivity (Wildman–Crippen MR) is 113 cm³/mol. The van der Waals surface area contributed by atoms with Gasteiger partial charge in [0.1, 0.15) is 0 Å². The number of ether oxygens (including phenoxy) is 1. The first-order chi connectivity index (χ1) is 14.3. The van der Waals surface area contributed by atoms with Gasteiger partial charge in [-0.15, -0.1) is 0 Å². The zero-order valence-corrected chi connectivity index (χ0v) is 18.2. The Hall–Kier alpha value is -2.67. The number of nitrogens with zero attached hydrogens (tertiary/aromatic N) is 3. The molecule has 1 aromatic heterocycles. The van der Waals surface area contributed by atoms with Gasteiger partial charge in [0, 0.05) is 49.4 Å². The first-order valence-electron chi connectivity index (χ1n) is 10.6. The summed E-state index contributed by atoms with van der Waals surface area (Å²) in [6.07, 6.45) is 2.28. The Kier molecular flexibility index (Phi) is 5.40. The number of nitrogens with one attached hydrogen (secondary N) is 1. The van der Waals surface area contributed by atoms with Crippen LogP contribution in [0.2, 0.25) is 0 Å². The second kappa shape index (κ2) is 7.87. The average Bonchev–Trinajstić information content (AvgIpc) is 3.03. The number of hydrogen-bond acceptors (Lipinski definition) is 4. The molecule has 7 nitrogen and oxygen atoms in total. The molecule has 2 aliphatic heterocycles. The minimum Gasteiger partial charge on any atom is -0.370 e. The second-order valence-corrected chi connectivity index (χ2v) is 8.84. The maximum atomic E-state index is 12.9. The van der Waals surface area contributed by atoms with E-state index >= 15 is 0 Å². The molecule has 30 heavy (non-hydrogen) atoms. The van der Waals surface area contributed by atoms with Crippen molar-refractivity contribution in [1.82, 2.24) is 20.0 Å². The number of aryl methyl sites for hydroxylation is 2. The van der Waals surface area contributed by atoms with Crippen LogP contribution < -0.4 is 5.32 Å². The molecule has 1 spiro atoms.